The van der Waals surface area contributed by atoms with Crippen LogP contribution in [0.15, 0.2) is 18.2 Å². The Labute approximate surface area is 156 Å². The van der Waals surface area contributed by atoms with Crippen molar-refractivity contribution >= 4 is 18.4 Å². The van der Waals surface area contributed by atoms with Crippen molar-refractivity contribution in [2.75, 3.05) is 33.9 Å². The summed E-state index contributed by atoms with van der Waals surface area (Å²) in [6.07, 6.45) is -3.73. The maximum absolute atomic E-state index is 11.6. The second-order valence-corrected chi connectivity index (χ2v) is 5.14. The number of aliphatic hydroxyl groups is 1. The number of carbonyl (C=O) groups is 3. The van der Waals surface area contributed by atoms with Crippen LogP contribution in [0.5, 0.6) is 11.5 Å². The van der Waals surface area contributed by atoms with E-state index in [-0.39, 0.29) is 31.3 Å². The molecule has 1 amide bonds. The summed E-state index contributed by atoms with van der Waals surface area (Å²) in [5.74, 6) is -0.252. The first-order chi connectivity index (χ1) is 12.8. The fourth-order valence-corrected chi connectivity index (χ4v) is 1.97. The molecular formula is C17H23NO9. The number of aliphatic hydroxyl groups excluding tert-OH is 1. The van der Waals surface area contributed by atoms with Crippen LogP contribution in [0.25, 0.3) is 0 Å². The molecule has 10 nitrogen and oxygen atoms in total. The second-order valence-electron chi connectivity index (χ2n) is 5.14. The highest BCUT2D eigenvalue weighted by atomic mass is 16.7. The minimum absolute atomic E-state index is 0.0798. The summed E-state index contributed by atoms with van der Waals surface area (Å²) in [7, 11) is 2.67. The molecule has 0 aromatic heterocycles. The van der Waals surface area contributed by atoms with Crippen LogP contribution in [0.2, 0.25) is 0 Å². The highest BCUT2D eigenvalue weighted by Gasteiger charge is 2.20. The smallest absolute Gasteiger partial charge is 0.453 e. The SMILES string of the molecule is CCOC(=O)Oc1ccc(C(O)CN(C)C(=O)OC)cc1OC(=O)OCC. The number of rotatable bonds is 7. The van der Waals surface area contributed by atoms with Gasteiger partial charge in [0.2, 0.25) is 0 Å². The molecule has 0 aliphatic carbocycles. The highest BCUT2D eigenvalue weighted by molar-refractivity contribution is 5.69. The van der Waals surface area contributed by atoms with Gasteiger partial charge < -0.3 is 33.7 Å². The molecule has 1 aromatic rings. The lowest BCUT2D eigenvalue weighted by atomic mass is 10.1. The van der Waals surface area contributed by atoms with Gasteiger partial charge >= 0.3 is 18.4 Å². The van der Waals surface area contributed by atoms with Crippen LogP contribution < -0.4 is 9.47 Å². The topological polar surface area (TPSA) is 121 Å². The monoisotopic (exact) mass is 385 g/mol. The zero-order valence-corrected chi connectivity index (χ0v) is 15.6. The quantitative estimate of drug-likeness (QED) is 0.428. The Kier molecular flexibility index (Phi) is 8.86. The van der Waals surface area contributed by atoms with Gasteiger partial charge in [-0.2, -0.15) is 0 Å². The summed E-state index contributed by atoms with van der Waals surface area (Å²) >= 11 is 0. The van der Waals surface area contributed by atoms with Gasteiger partial charge in [-0.1, -0.05) is 6.07 Å². The number of likely N-dealkylation sites (N-methyl/N-ethyl adjacent to an activating group) is 1. The van der Waals surface area contributed by atoms with Crippen LogP contribution in [0.1, 0.15) is 25.5 Å². The standard InChI is InChI=1S/C17H23NO9/c1-5-24-16(21)26-13-8-7-11(9-14(13)27-17(22)25-6-2)12(19)10-18(3)15(20)23-4/h7-9,12,19H,5-6,10H2,1-4H3. The number of hydrogen-bond donors (Lipinski definition) is 1. The number of benzene rings is 1. The molecule has 0 aliphatic heterocycles. The third kappa shape index (κ3) is 7.02. The molecule has 0 saturated heterocycles. The Morgan fingerprint density at radius 1 is 1.04 bits per heavy atom. The van der Waals surface area contributed by atoms with E-state index in [1.54, 1.807) is 13.8 Å². The van der Waals surface area contributed by atoms with Crippen molar-refractivity contribution in [1.29, 1.82) is 0 Å². The predicted molar refractivity (Wildman–Crippen MR) is 91.7 cm³/mol. The molecule has 0 spiro atoms. The Bertz CT molecular complexity index is 662. The normalized spacial score (nSPS) is 11.1. The van der Waals surface area contributed by atoms with E-state index < -0.39 is 24.5 Å². The number of hydrogen-bond acceptors (Lipinski definition) is 9. The fourth-order valence-electron chi connectivity index (χ4n) is 1.97. The number of methoxy groups -OCH3 is 1. The molecule has 1 atom stereocenters. The van der Waals surface area contributed by atoms with Crippen LogP contribution in [0.3, 0.4) is 0 Å². The highest BCUT2D eigenvalue weighted by Crippen LogP contribution is 2.31. The Morgan fingerprint density at radius 2 is 1.59 bits per heavy atom. The molecule has 1 rings (SSSR count). The van der Waals surface area contributed by atoms with Crippen LogP contribution >= 0.6 is 0 Å². The van der Waals surface area contributed by atoms with Gasteiger partial charge in [0.25, 0.3) is 0 Å². The Morgan fingerprint density at radius 3 is 2.11 bits per heavy atom. The first kappa shape index (κ1) is 22.0. The number of carbonyl (C=O) groups excluding carboxylic acids is 3. The van der Waals surface area contributed by atoms with Crippen molar-refractivity contribution in [3.63, 3.8) is 0 Å². The second kappa shape index (κ2) is 10.9. The zero-order chi connectivity index (χ0) is 20.4. The van der Waals surface area contributed by atoms with Gasteiger partial charge in [-0.3, -0.25) is 0 Å². The lowest BCUT2D eigenvalue weighted by Crippen LogP contribution is -2.30. The summed E-state index contributed by atoms with van der Waals surface area (Å²) < 4.78 is 23.9. The molecule has 0 saturated carbocycles. The molecular weight excluding hydrogens is 362 g/mol. The van der Waals surface area contributed by atoms with Crippen molar-refractivity contribution in [2.24, 2.45) is 0 Å². The van der Waals surface area contributed by atoms with E-state index in [9.17, 15) is 19.5 Å². The van der Waals surface area contributed by atoms with Crippen LogP contribution in [0.4, 0.5) is 14.4 Å². The van der Waals surface area contributed by atoms with Gasteiger partial charge in [0.1, 0.15) is 0 Å². The van der Waals surface area contributed by atoms with E-state index >= 15 is 0 Å². The maximum Gasteiger partial charge on any atom is 0.513 e. The molecule has 1 aromatic carbocycles. The van der Waals surface area contributed by atoms with Gasteiger partial charge in [0.05, 0.1) is 33.0 Å². The Hall–Kier alpha value is -3.01. The lowest BCUT2D eigenvalue weighted by molar-refractivity contribution is 0.0921. The average molecular weight is 385 g/mol. The van der Waals surface area contributed by atoms with Crippen molar-refractivity contribution < 1.29 is 43.2 Å². The minimum atomic E-state index is -1.12. The average Bonchev–Trinajstić information content (AvgIpc) is 2.62. The zero-order valence-electron chi connectivity index (χ0n) is 15.6. The van der Waals surface area contributed by atoms with Crippen LogP contribution in [0, 0.1) is 0 Å². The van der Waals surface area contributed by atoms with E-state index in [0.29, 0.717) is 5.56 Å². The van der Waals surface area contributed by atoms with E-state index in [0.717, 1.165) is 0 Å². The molecule has 150 valence electrons. The molecule has 0 aliphatic rings. The third-order valence-corrected chi connectivity index (χ3v) is 3.20. The minimum Gasteiger partial charge on any atom is -0.453 e. The molecule has 10 heteroatoms. The summed E-state index contributed by atoms with van der Waals surface area (Å²) in [6.45, 7) is 3.31. The molecule has 0 fully saturated rings. The Balaban J connectivity index is 3.04. The number of amides is 1. The van der Waals surface area contributed by atoms with Gasteiger partial charge in [0.15, 0.2) is 11.5 Å². The first-order valence-electron chi connectivity index (χ1n) is 8.12. The number of ether oxygens (including phenoxy) is 5. The summed E-state index contributed by atoms with van der Waals surface area (Å²) in [5, 5.41) is 10.3. The van der Waals surface area contributed by atoms with Crippen LogP contribution in [-0.2, 0) is 14.2 Å². The molecule has 1 unspecified atom stereocenters. The maximum atomic E-state index is 11.6. The largest absolute Gasteiger partial charge is 0.513 e. The van der Waals surface area contributed by atoms with Crippen molar-refractivity contribution in [3.05, 3.63) is 23.8 Å². The summed E-state index contributed by atoms with van der Waals surface area (Å²) in [5.41, 5.74) is 0.307. The van der Waals surface area contributed by atoms with Gasteiger partial charge in [-0.15, -0.1) is 0 Å². The molecule has 1 N–H and O–H groups in total. The fraction of sp³-hybridized carbons (Fsp3) is 0.471. The molecule has 27 heavy (non-hydrogen) atoms. The van der Waals surface area contributed by atoms with E-state index in [2.05, 4.69) is 9.47 Å². The van der Waals surface area contributed by atoms with E-state index in [4.69, 9.17) is 14.2 Å². The summed E-state index contributed by atoms with van der Waals surface area (Å²) in [4.78, 5) is 35.7. The van der Waals surface area contributed by atoms with Crippen LogP contribution in [-0.4, -0.2) is 62.3 Å². The lowest BCUT2D eigenvalue weighted by Gasteiger charge is -2.20. The van der Waals surface area contributed by atoms with Gasteiger partial charge in [0, 0.05) is 7.05 Å². The first-order valence-corrected chi connectivity index (χ1v) is 8.12. The van der Waals surface area contributed by atoms with Gasteiger partial charge in [-0.05, 0) is 31.5 Å². The summed E-state index contributed by atoms with van der Waals surface area (Å²) in [6, 6.07) is 4.06. The van der Waals surface area contributed by atoms with Gasteiger partial charge in [-0.25, -0.2) is 14.4 Å². The van der Waals surface area contributed by atoms with E-state index in [1.807, 2.05) is 0 Å². The molecule has 0 radical (unpaired) electrons. The van der Waals surface area contributed by atoms with E-state index in [1.165, 1.54) is 37.3 Å². The molecule has 0 bridgehead atoms. The van der Waals surface area contributed by atoms with Crippen molar-refractivity contribution in [1.82, 2.24) is 4.90 Å². The van der Waals surface area contributed by atoms with Crippen molar-refractivity contribution in [2.45, 2.75) is 20.0 Å². The molecule has 0 heterocycles. The third-order valence-electron chi connectivity index (χ3n) is 3.20. The number of nitrogens with zero attached hydrogens (tertiary/aromatic N) is 1. The van der Waals surface area contributed by atoms with Crippen molar-refractivity contribution in [3.8, 4) is 11.5 Å². The predicted octanol–water partition coefficient (Wildman–Crippen LogP) is 2.49.